The maximum absolute atomic E-state index is 13.6. The van der Waals surface area contributed by atoms with Crippen molar-refractivity contribution < 1.29 is 17.9 Å². The van der Waals surface area contributed by atoms with Crippen molar-refractivity contribution in [2.75, 3.05) is 27.3 Å². The van der Waals surface area contributed by atoms with Gasteiger partial charge in [-0.2, -0.15) is 13.2 Å². The van der Waals surface area contributed by atoms with E-state index in [2.05, 4.69) is 4.98 Å². The Morgan fingerprint density at radius 2 is 1.92 bits per heavy atom. The molecule has 0 bridgehead atoms. The SMILES string of the molecule is Cc1nc2c(-c3cn(SN(C)C)cn3)nc(C3=CCOCC3)cn2c1Cc1cccc(C(F)(F)F)c1C. The highest BCUT2D eigenvalue weighted by atomic mass is 32.2. The summed E-state index contributed by atoms with van der Waals surface area (Å²) in [5.41, 5.74) is 5.52. The highest BCUT2D eigenvalue weighted by molar-refractivity contribution is 7.95. The molecule has 3 aromatic heterocycles. The van der Waals surface area contributed by atoms with Crippen molar-refractivity contribution >= 4 is 23.4 Å². The zero-order valence-electron chi connectivity index (χ0n) is 21.0. The second-order valence-corrected chi connectivity index (χ2v) is 10.5. The van der Waals surface area contributed by atoms with Gasteiger partial charge in [-0.1, -0.05) is 18.2 Å². The highest BCUT2D eigenvalue weighted by Gasteiger charge is 2.33. The Labute approximate surface area is 217 Å². The van der Waals surface area contributed by atoms with Crippen LogP contribution in [0.15, 0.2) is 43.0 Å². The molecule has 4 aromatic rings. The molecule has 0 atom stereocenters. The average molecular weight is 529 g/mol. The van der Waals surface area contributed by atoms with Gasteiger partial charge in [0.1, 0.15) is 17.7 Å². The third-order valence-electron chi connectivity index (χ3n) is 6.37. The number of benzene rings is 1. The van der Waals surface area contributed by atoms with E-state index in [1.165, 1.54) is 25.1 Å². The monoisotopic (exact) mass is 528 g/mol. The summed E-state index contributed by atoms with van der Waals surface area (Å²) in [6.45, 7) is 4.52. The number of ether oxygens (including phenoxy) is 1. The third kappa shape index (κ3) is 5.16. The molecule has 0 saturated carbocycles. The molecule has 1 aliphatic heterocycles. The summed E-state index contributed by atoms with van der Waals surface area (Å²) >= 11 is 1.48. The van der Waals surface area contributed by atoms with Crippen molar-refractivity contribution in [1.29, 1.82) is 0 Å². The predicted octanol–water partition coefficient (Wildman–Crippen LogP) is 5.60. The summed E-state index contributed by atoms with van der Waals surface area (Å²) in [5.74, 6) is 0. The second kappa shape index (κ2) is 9.96. The van der Waals surface area contributed by atoms with E-state index in [1.807, 2.05) is 52.2 Å². The van der Waals surface area contributed by atoms with E-state index < -0.39 is 11.7 Å². The molecule has 5 rings (SSSR count). The molecular weight excluding hydrogens is 501 g/mol. The maximum Gasteiger partial charge on any atom is 0.416 e. The largest absolute Gasteiger partial charge is 0.416 e. The molecule has 4 heterocycles. The van der Waals surface area contributed by atoms with Gasteiger partial charge in [-0.25, -0.2) is 19.3 Å². The fourth-order valence-electron chi connectivity index (χ4n) is 4.53. The molecule has 0 amide bonds. The first-order valence-electron chi connectivity index (χ1n) is 11.8. The van der Waals surface area contributed by atoms with Crippen LogP contribution in [0, 0.1) is 13.8 Å². The second-order valence-electron chi connectivity index (χ2n) is 9.14. The molecule has 1 aliphatic rings. The number of nitrogens with zero attached hydrogens (tertiary/aromatic N) is 6. The molecule has 0 unspecified atom stereocenters. The fourth-order valence-corrected chi connectivity index (χ4v) is 5.14. The molecule has 194 valence electrons. The number of alkyl halides is 3. The van der Waals surface area contributed by atoms with Crippen LogP contribution in [0.1, 0.15) is 40.2 Å². The van der Waals surface area contributed by atoms with Gasteiger partial charge in [-0.15, -0.1) is 0 Å². The molecule has 0 radical (unpaired) electrons. The Hall–Kier alpha value is -3.15. The van der Waals surface area contributed by atoms with Gasteiger partial charge in [0.25, 0.3) is 0 Å². The van der Waals surface area contributed by atoms with Gasteiger partial charge in [0, 0.05) is 36.6 Å². The minimum atomic E-state index is -4.40. The number of hydrogen-bond acceptors (Lipinski definition) is 6. The lowest BCUT2D eigenvalue weighted by Gasteiger charge is -2.16. The van der Waals surface area contributed by atoms with Crippen molar-refractivity contribution in [1.82, 2.24) is 27.6 Å². The smallest absolute Gasteiger partial charge is 0.377 e. The molecule has 11 heteroatoms. The lowest BCUT2D eigenvalue weighted by molar-refractivity contribution is -0.138. The van der Waals surface area contributed by atoms with Crippen LogP contribution in [-0.2, 0) is 17.3 Å². The summed E-state index contributed by atoms with van der Waals surface area (Å²) in [6.07, 6.45) is 4.19. The van der Waals surface area contributed by atoms with E-state index in [0.717, 1.165) is 35.1 Å². The van der Waals surface area contributed by atoms with Crippen molar-refractivity contribution in [2.45, 2.75) is 32.9 Å². The first-order chi connectivity index (χ1) is 17.6. The number of aryl methyl sites for hydroxylation is 1. The van der Waals surface area contributed by atoms with Crippen molar-refractivity contribution in [3.8, 4) is 11.4 Å². The van der Waals surface area contributed by atoms with Gasteiger partial charge in [-0.3, -0.25) is 8.37 Å². The minimum absolute atomic E-state index is 0.227. The van der Waals surface area contributed by atoms with Gasteiger partial charge in [0.2, 0.25) is 0 Å². The molecule has 7 nitrogen and oxygen atoms in total. The molecular formula is C26H27F3N6OS. The fraction of sp³-hybridized carbons (Fsp3) is 0.346. The standard InChI is InChI=1S/C26H27F3N6OS/c1-16-19(6-5-7-20(16)26(27,28)29)12-23-17(2)31-25-24(22-13-34(15-30-22)37-33(3)4)32-21(14-35(23)25)18-8-10-36-11-9-18/h5-8,13-15H,9-12H2,1-4H3. The van der Waals surface area contributed by atoms with Crippen LogP contribution in [0.4, 0.5) is 13.2 Å². The van der Waals surface area contributed by atoms with E-state index in [9.17, 15) is 13.2 Å². The van der Waals surface area contributed by atoms with Crippen molar-refractivity contribution in [2.24, 2.45) is 0 Å². The number of halogens is 3. The van der Waals surface area contributed by atoms with Crippen molar-refractivity contribution in [3.05, 3.63) is 76.8 Å². The summed E-state index contributed by atoms with van der Waals surface area (Å²) in [5, 5.41) is 0. The van der Waals surface area contributed by atoms with Crippen LogP contribution in [-0.4, -0.2) is 54.9 Å². The Balaban J connectivity index is 1.67. The number of hydrogen-bond donors (Lipinski definition) is 0. The van der Waals surface area contributed by atoms with E-state index in [0.29, 0.717) is 42.2 Å². The van der Waals surface area contributed by atoms with Crippen molar-refractivity contribution in [3.63, 3.8) is 0 Å². The topological polar surface area (TPSA) is 60.5 Å². The molecule has 37 heavy (non-hydrogen) atoms. The number of imidazole rings is 2. The first-order valence-corrected chi connectivity index (χ1v) is 12.6. The van der Waals surface area contributed by atoms with E-state index >= 15 is 0 Å². The lowest BCUT2D eigenvalue weighted by atomic mass is 9.98. The summed E-state index contributed by atoms with van der Waals surface area (Å²) in [7, 11) is 3.89. The third-order valence-corrected chi connectivity index (χ3v) is 7.08. The average Bonchev–Trinajstić information content (AvgIpc) is 3.43. The molecule has 0 N–H and O–H groups in total. The Morgan fingerprint density at radius 1 is 1.11 bits per heavy atom. The predicted molar refractivity (Wildman–Crippen MR) is 138 cm³/mol. The zero-order chi connectivity index (χ0) is 26.3. The van der Waals surface area contributed by atoms with E-state index in [1.54, 1.807) is 12.4 Å². The highest BCUT2D eigenvalue weighted by Crippen LogP contribution is 2.34. The number of fused-ring (bicyclic) bond motifs is 1. The summed E-state index contributed by atoms with van der Waals surface area (Å²) < 4.78 is 52.0. The minimum Gasteiger partial charge on any atom is -0.377 e. The van der Waals surface area contributed by atoms with Crippen LogP contribution in [0.25, 0.3) is 22.6 Å². The number of aromatic nitrogens is 5. The Kier molecular flexibility index (Phi) is 6.86. The van der Waals surface area contributed by atoms with Crippen LogP contribution in [0.5, 0.6) is 0 Å². The van der Waals surface area contributed by atoms with Gasteiger partial charge in [0.15, 0.2) is 5.65 Å². The van der Waals surface area contributed by atoms with Gasteiger partial charge < -0.3 is 4.74 Å². The lowest BCUT2D eigenvalue weighted by Crippen LogP contribution is -2.10. The molecule has 1 aromatic carbocycles. The molecule has 0 spiro atoms. The molecule has 0 fully saturated rings. The zero-order valence-corrected chi connectivity index (χ0v) is 21.8. The van der Waals surface area contributed by atoms with Gasteiger partial charge in [-0.05, 0) is 57.1 Å². The Bertz CT molecular complexity index is 1490. The van der Waals surface area contributed by atoms with Gasteiger partial charge >= 0.3 is 6.18 Å². The maximum atomic E-state index is 13.6. The van der Waals surface area contributed by atoms with Crippen LogP contribution >= 0.6 is 12.1 Å². The summed E-state index contributed by atoms with van der Waals surface area (Å²) in [4.78, 5) is 14.4. The Morgan fingerprint density at radius 3 is 2.62 bits per heavy atom. The molecule has 0 saturated heterocycles. The van der Waals surface area contributed by atoms with Crippen LogP contribution in [0.3, 0.4) is 0 Å². The summed E-state index contributed by atoms with van der Waals surface area (Å²) in [6, 6.07) is 4.33. The van der Waals surface area contributed by atoms with E-state index in [4.69, 9.17) is 14.7 Å². The first kappa shape index (κ1) is 25.5. The quantitative estimate of drug-likeness (QED) is 0.304. The normalized spacial score (nSPS) is 14.5. The van der Waals surface area contributed by atoms with Gasteiger partial charge in [0.05, 0.1) is 30.2 Å². The van der Waals surface area contributed by atoms with E-state index in [-0.39, 0.29) is 5.56 Å². The number of rotatable bonds is 6. The van der Waals surface area contributed by atoms with Crippen LogP contribution < -0.4 is 0 Å². The molecule has 0 aliphatic carbocycles. The van der Waals surface area contributed by atoms with Crippen LogP contribution in [0.2, 0.25) is 0 Å².